The minimum absolute atomic E-state index is 0.100. The van der Waals surface area contributed by atoms with E-state index in [1.54, 1.807) is 6.08 Å². The van der Waals surface area contributed by atoms with Crippen molar-refractivity contribution in [3.8, 4) is 0 Å². The molecule has 0 radical (unpaired) electrons. The molecule has 0 aliphatic heterocycles. The predicted octanol–water partition coefficient (Wildman–Crippen LogP) is 14.9. The maximum atomic E-state index is 12.6. The Kier molecular flexibility index (Phi) is 42.5. The predicted molar refractivity (Wildman–Crippen MR) is 238 cm³/mol. The maximum Gasteiger partial charge on any atom is 0.310 e. The lowest BCUT2D eigenvalue weighted by Crippen LogP contribution is -2.30. The van der Waals surface area contributed by atoms with Gasteiger partial charge in [0.15, 0.2) is 6.10 Å². The van der Waals surface area contributed by atoms with Gasteiger partial charge >= 0.3 is 17.9 Å². The van der Waals surface area contributed by atoms with Gasteiger partial charge in [-0.2, -0.15) is 0 Å². The van der Waals surface area contributed by atoms with E-state index in [1.165, 1.54) is 109 Å². The molecule has 0 aliphatic carbocycles. The van der Waals surface area contributed by atoms with Crippen LogP contribution >= 0.6 is 0 Å². The van der Waals surface area contributed by atoms with Crippen LogP contribution in [-0.4, -0.2) is 37.2 Å². The Bertz CT molecular complexity index is 1040. The maximum absolute atomic E-state index is 12.6. The van der Waals surface area contributed by atoms with E-state index in [1.807, 2.05) is 6.08 Å². The Morgan fingerprint density at radius 2 is 0.679 bits per heavy atom. The molecule has 0 saturated heterocycles. The van der Waals surface area contributed by atoms with E-state index in [0.29, 0.717) is 12.8 Å². The third-order valence-electron chi connectivity index (χ3n) is 9.82. The summed E-state index contributed by atoms with van der Waals surface area (Å²) in [6.45, 7) is 6.37. The molecule has 0 aromatic heterocycles. The summed E-state index contributed by atoms with van der Waals surface area (Å²) in [7, 11) is 0. The first-order chi connectivity index (χ1) is 27.5. The topological polar surface area (TPSA) is 78.9 Å². The fourth-order valence-corrected chi connectivity index (χ4v) is 6.34. The number of unbranched alkanes of at least 4 members (excludes halogenated alkanes) is 21. The lowest BCUT2D eigenvalue weighted by Gasteiger charge is -2.18. The molecule has 0 aromatic carbocycles. The van der Waals surface area contributed by atoms with Crippen LogP contribution in [0.15, 0.2) is 60.8 Å². The Morgan fingerprint density at radius 3 is 1.02 bits per heavy atom. The van der Waals surface area contributed by atoms with Crippen LogP contribution in [0.3, 0.4) is 0 Å². The highest BCUT2D eigenvalue weighted by atomic mass is 16.6. The summed E-state index contributed by atoms with van der Waals surface area (Å²) in [5.74, 6) is -1.05. The van der Waals surface area contributed by atoms with Crippen molar-refractivity contribution < 1.29 is 28.6 Å². The number of rotatable bonds is 41. The second kappa shape index (κ2) is 44.8. The number of esters is 3. The van der Waals surface area contributed by atoms with Gasteiger partial charge in [0.25, 0.3) is 0 Å². The average Bonchev–Trinajstić information content (AvgIpc) is 3.19. The summed E-state index contributed by atoms with van der Waals surface area (Å²) in [5.41, 5.74) is 0. The quantitative estimate of drug-likeness (QED) is 0.0266. The van der Waals surface area contributed by atoms with Gasteiger partial charge in [0, 0.05) is 12.8 Å². The fourth-order valence-electron chi connectivity index (χ4n) is 6.34. The van der Waals surface area contributed by atoms with Crippen molar-refractivity contribution in [3.63, 3.8) is 0 Å². The Hall–Kier alpha value is -2.89. The van der Waals surface area contributed by atoms with Crippen LogP contribution < -0.4 is 0 Å². The van der Waals surface area contributed by atoms with Crippen molar-refractivity contribution >= 4 is 17.9 Å². The zero-order valence-corrected chi connectivity index (χ0v) is 36.6. The van der Waals surface area contributed by atoms with Gasteiger partial charge in [-0.15, -0.1) is 0 Å². The Labute approximate surface area is 345 Å². The minimum Gasteiger partial charge on any atom is -0.462 e. The second-order valence-electron chi connectivity index (χ2n) is 15.3. The molecule has 0 aromatic rings. The molecule has 0 aliphatic rings. The van der Waals surface area contributed by atoms with Crippen LogP contribution in [0.5, 0.6) is 0 Å². The smallest absolute Gasteiger partial charge is 0.310 e. The molecule has 56 heavy (non-hydrogen) atoms. The highest BCUT2D eigenvalue weighted by Gasteiger charge is 2.19. The van der Waals surface area contributed by atoms with Crippen molar-refractivity contribution in [1.29, 1.82) is 0 Å². The molecule has 0 N–H and O–H groups in total. The highest BCUT2D eigenvalue weighted by molar-refractivity contribution is 5.72. The molecule has 0 heterocycles. The summed E-state index contributed by atoms with van der Waals surface area (Å²) >= 11 is 0. The number of hydrogen-bond acceptors (Lipinski definition) is 6. The third kappa shape index (κ3) is 42.3. The second-order valence-corrected chi connectivity index (χ2v) is 15.3. The van der Waals surface area contributed by atoms with Crippen LogP contribution in [-0.2, 0) is 28.6 Å². The normalized spacial score (nSPS) is 12.6. The van der Waals surface area contributed by atoms with Gasteiger partial charge in [-0.1, -0.05) is 216 Å². The number of ether oxygens (including phenoxy) is 3. The first-order valence-corrected chi connectivity index (χ1v) is 23.3. The van der Waals surface area contributed by atoms with Gasteiger partial charge < -0.3 is 14.2 Å². The summed E-state index contributed by atoms with van der Waals surface area (Å²) in [5, 5.41) is 0. The molecule has 1 atom stereocenters. The van der Waals surface area contributed by atoms with Crippen LogP contribution in [0.25, 0.3) is 0 Å². The molecule has 0 spiro atoms. The van der Waals surface area contributed by atoms with E-state index in [-0.39, 0.29) is 31.6 Å². The zero-order chi connectivity index (χ0) is 40.8. The molecule has 322 valence electrons. The van der Waals surface area contributed by atoms with Gasteiger partial charge in [0.05, 0.1) is 6.42 Å². The van der Waals surface area contributed by atoms with E-state index in [0.717, 1.165) is 70.6 Å². The number of carbonyl (C=O) groups is 3. The SMILES string of the molecule is CC/C=C\C/C=C\C/C=C\C/C=C\C/C=C\CC(=O)OC(COC(=O)CCCCCCCC)COC(=O)CCCCCCCCCCCCCCCCCCC. The molecule has 0 amide bonds. The average molecular weight is 783 g/mol. The van der Waals surface area contributed by atoms with Crippen LogP contribution in [0.4, 0.5) is 0 Å². The van der Waals surface area contributed by atoms with Gasteiger partial charge in [0.2, 0.25) is 0 Å². The molecular formula is C50H86O6. The molecule has 0 bridgehead atoms. The standard InChI is InChI=1S/C50H86O6/c1-4-7-10-13-16-18-20-22-24-25-27-28-30-32-34-37-40-43-49(52)55-46-47(45-54-48(51)42-39-36-15-12-9-6-3)56-50(53)44-41-38-35-33-31-29-26-23-21-19-17-14-11-8-5-2/h8,11,17,19,23,26,31,33,38,41,47H,4-7,9-10,12-16,18,20-22,24-25,27-30,32,34-37,39-40,42-46H2,1-3H3/b11-8-,19-17-,26-23-,33-31-,41-38-. The molecule has 0 fully saturated rings. The Morgan fingerprint density at radius 1 is 0.375 bits per heavy atom. The third-order valence-corrected chi connectivity index (χ3v) is 9.82. The molecule has 6 heteroatoms. The number of allylic oxidation sites excluding steroid dienone is 9. The largest absolute Gasteiger partial charge is 0.462 e. The fraction of sp³-hybridized carbons (Fsp3) is 0.740. The summed E-state index contributed by atoms with van der Waals surface area (Å²) in [4.78, 5) is 37.5. The lowest BCUT2D eigenvalue weighted by molar-refractivity contribution is -0.166. The van der Waals surface area contributed by atoms with Gasteiger partial charge in [-0.3, -0.25) is 14.4 Å². The monoisotopic (exact) mass is 783 g/mol. The van der Waals surface area contributed by atoms with E-state index in [4.69, 9.17) is 14.2 Å². The molecule has 0 saturated carbocycles. The van der Waals surface area contributed by atoms with Gasteiger partial charge in [-0.25, -0.2) is 0 Å². The van der Waals surface area contributed by atoms with E-state index < -0.39 is 12.1 Å². The summed E-state index contributed by atoms with van der Waals surface area (Å²) < 4.78 is 16.5. The number of hydrogen-bond donors (Lipinski definition) is 0. The van der Waals surface area contributed by atoms with E-state index in [9.17, 15) is 14.4 Å². The lowest BCUT2D eigenvalue weighted by atomic mass is 10.0. The van der Waals surface area contributed by atoms with E-state index >= 15 is 0 Å². The van der Waals surface area contributed by atoms with Crippen molar-refractivity contribution in [2.45, 2.75) is 226 Å². The minimum atomic E-state index is -0.821. The van der Waals surface area contributed by atoms with Crippen molar-refractivity contribution in [2.24, 2.45) is 0 Å². The molecule has 0 rings (SSSR count). The van der Waals surface area contributed by atoms with Gasteiger partial charge in [-0.05, 0) is 44.9 Å². The van der Waals surface area contributed by atoms with Crippen molar-refractivity contribution in [3.05, 3.63) is 60.8 Å². The summed E-state index contributed by atoms with van der Waals surface area (Å²) in [6.07, 6.45) is 54.0. The zero-order valence-electron chi connectivity index (χ0n) is 36.6. The van der Waals surface area contributed by atoms with E-state index in [2.05, 4.69) is 69.4 Å². The van der Waals surface area contributed by atoms with Crippen LogP contribution in [0.2, 0.25) is 0 Å². The molecular weight excluding hydrogens is 697 g/mol. The van der Waals surface area contributed by atoms with Crippen LogP contribution in [0.1, 0.15) is 220 Å². The van der Waals surface area contributed by atoms with Crippen molar-refractivity contribution in [2.75, 3.05) is 13.2 Å². The first kappa shape index (κ1) is 53.1. The van der Waals surface area contributed by atoms with Crippen LogP contribution in [0, 0.1) is 0 Å². The first-order valence-electron chi connectivity index (χ1n) is 23.3. The van der Waals surface area contributed by atoms with Gasteiger partial charge in [0.1, 0.15) is 13.2 Å². The molecule has 1 unspecified atom stereocenters. The number of carbonyl (C=O) groups excluding carboxylic acids is 3. The highest BCUT2D eigenvalue weighted by Crippen LogP contribution is 2.15. The molecule has 6 nitrogen and oxygen atoms in total. The Balaban J connectivity index is 4.35. The van der Waals surface area contributed by atoms with Crippen molar-refractivity contribution in [1.82, 2.24) is 0 Å². The summed E-state index contributed by atoms with van der Waals surface area (Å²) in [6, 6.07) is 0.